The Kier molecular flexibility index (Phi) is 20.0. The van der Waals surface area contributed by atoms with Gasteiger partial charge in [-0.3, -0.25) is 18.2 Å². The molecule has 0 radical (unpaired) electrons. The largest absolute Gasteiger partial charge is 0.490 e. The zero-order chi connectivity index (χ0) is 67.1. The smallest absolute Gasteiger partial charge is 0.298 e. The highest BCUT2D eigenvalue weighted by Gasteiger charge is 2.39. The Hall–Kier alpha value is -7.15. The van der Waals surface area contributed by atoms with Gasteiger partial charge < -0.3 is 18.9 Å². The quantitative estimate of drug-likeness (QED) is 0.0386. The van der Waals surface area contributed by atoms with Crippen LogP contribution in [0.5, 0.6) is 34.5 Å². The third kappa shape index (κ3) is 15.8. The van der Waals surface area contributed by atoms with Gasteiger partial charge in [0.15, 0.2) is 0 Å². The summed E-state index contributed by atoms with van der Waals surface area (Å²) < 4.78 is 224. The fourth-order valence-corrected chi connectivity index (χ4v) is 16.3. The highest BCUT2D eigenvalue weighted by atomic mass is 32.2. The zero-order valence-electron chi connectivity index (χ0n) is 50.5. The molecule has 0 saturated heterocycles. The van der Waals surface area contributed by atoms with Crippen LogP contribution in [0.25, 0.3) is 11.1 Å². The van der Waals surface area contributed by atoms with Crippen molar-refractivity contribution in [2.24, 2.45) is 0 Å². The Balaban J connectivity index is 0.965. The summed E-state index contributed by atoms with van der Waals surface area (Å²) in [7, 11) is -29.8. The minimum atomic E-state index is -5.17. The fraction of sp³-hybridized carbons (Fsp3) is 0.250. The van der Waals surface area contributed by atoms with Crippen molar-refractivity contribution in [1.82, 2.24) is 0 Å². The number of hydrogen-bond acceptors (Lipinski definition) is 17. The number of benzene rings is 8. The molecule has 2 unspecified atom stereocenters. The van der Waals surface area contributed by atoms with E-state index >= 15 is 0 Å². The summed E-state index contributed by atoms with van der Waals surface area (Å²) in [5.41, 5.74) is -0.916. The van der Waals surface area contributed by atoms with Crippen molar-refractivity contribution in [3.63, 3.8) is 0 Å². The summed E-state index contributed by atoms with van der Waals surface area (Å²) >= 11 is 1.44. The minimum Gasteiger partial charge on any atom is -0.490 e. The molecular formula is C64H66O20S7. The molecule has 0 spiro atoms. The predicted octanol–water partition coefficient (Wildman–Crippen LogP) is 14.1. The van der Waals surface area contributed by atoms with E-state index in [0.29, 0.717) is 35.4 Å². The van der Waals surface area contributed by atoms with Gasteiger partial charge in [0.2, 0.25) is 19.7 Å². The van der Waals surface area contributed by atoms with E-state index in [1.165, 1.54) is 36.0 Å². The summed E-state index contributed by atoms with van der Waals surface area (Å²) in [5.74, 6) is 0.407. The molecule has 0 heterocycles. The van der Waals surface area contributed by atoms with Gasteiger partial charge in [0.25, 0.3) is 40.5 Å². The van der Waals surface area contributed by atoms with Crippen molar-refractivity contribution >= 4 is 71.9 Å². The van der Waals surface area contributed by atoms with Gasteiger partial charge in [0, 0.05) is 15.2 Å². The van der Waals surface area contributed by atoms with E-state index in [9.17, 15) is 68.7 Å². The van der Waals surface area contributed by atoms with Gasteiger partial charge in [-0.15, -0.1) is 0 Å². The molecule has 4 N–H and O–H groups in total. The molecular weight excluding hydrogens is 1310 g/mol. The predicted molar refractivity (Wildman–Crippen MR) is 341 cm³/mol. The second-order valence-electron chi connectivity index (χ2n) is 22.7. The van der Waals surface area contributed by atoms with Crippen molar-refractivity contribution in [1.29, 1.82) is 0 Å². The molecule has 0 saturated carbocycles. The van der Waals surface area contributed by atoms with Crippen LogP contribution in [0.2, 0.25) is 0 Å². The molecule has 0 aliphatic carbocycles. The molecule has 0 fully saturated rings. The van der Waals surface area contributed by atoms with Crippen LogP contribution in [0, 0.1) is 0 Å². The fourth-order valence-electron chi connectivity index (χ4n) is 9.55. The lowest BCUT2D eigenvalue weighted by molar-refractivity contribution is 0.105. The topological polar surface area (TPSA) is 323 Å². The second-order valence-corrected chi connectivity index (χ2v) is 33.3. The zero-order valence-corrected chi connectivity index (χ0v) is 56.3. The van der Waals surface area contributed by atoms with Crippen LogP contribution in [-0.2, 0) is 71.0 Å². The van der Waals surface area contributed by atoms with Crippen LogP contribution in [0.3, 0.4) is 0 Å². The third-order valence-electron chi connectivity index (χ3n) is 15.9. The van der Waals surface area contributed by atoms with Crippen molar-refractivity contribution < 1.29 is 87.7 Å². The van der Waals surface area contributed by atoms with E-state index in [4.69, 9.17) is 18.9 Å². The maximum atomic E-state index is 14.3. The van der Waals surface area contributed by atoms with E-state index in [2.05, 4.69) is 0 Å². The summed E-state index contributed by atoms with van der Waals surface area (Å²) in [6, 6.07) is 38.7. The van der Waals surface area contributed by atoms with Crippen LogP contribution >= 0.6 is 11.8 Å². The normalized spacial score (nSPS) is 13.9. The molecule has 27 heteroatoms. The van der Waals surface area contributed by atoms with E-state index in [1.807, 2.05) is 45.0 Å². The molecule has 0 bridgehead atoms. The van der Waals surface area contributed by atoms with Gasteiger partial charge in [-0.25, -0.2) is 16.8 Å². The van der Waals surface area contributed by atoms with Gasteiger partial charge in [-0.2, -0.15) is 33.7 Å². The van der Waals surface area contributed by atoms with Crippen molar-refractivity contribution in [2.45, 2.75) is 153 Å². The first kappa shape index (κ1) is 69.7. The monoisotopic (exact) mass is 1380 g/mol. The van der Waals surface area contributed by atoms with Crippen LogP contribution in [0.1, 0.15) is 92.7 Å². The molecule has 8 aromatic carbocycles. The Morgan fingerprint density at radius 2 is 0.736 bits per heavy atom. The van der Waals surface area contributed by atoms with Crippen LogP contribution in [-0.4, -0.2) is 80.4 Å². The number of hydrogen-bond donors (Lipinski definition) is 4. The van der Waals surface area contributed by atoms with Gasteiger partial charge in [-0.05, 0) is 201 Å². The molecule has 484 valence electrons. The molecule has 0 aliphatic rings. The summed E-state index contributed by atoms with van der Waals surface area (Å²) in [6.45, 7) is 16.3. The Labute approximate surface area is 535 Å². The summed E-state index contributed by atoms with van der Waals surface area (Å²) in [5, 5.41) is 0. The lowest BCUT2D eigenvalue weighted by Crippen LogP contribution is -2.39. The van der Waals surface area contributed by atoms with E-state index in [0.717, 1.165) is 70.5 Å². The standard InChI is InChI=1S/C64H66O20S7/c1-10-62(5,6)54-33-29-50(37-58(54)88(69,70)71)86(65,66)52-31-35-56(60(39-52)90(75,76)77)82-45-19-15-43(16-20-45)42-13-17-44(18-14-42)81-41(4)64(9,12-3)55-34-30-51(38-59(55)89(72,73)74)87(67,68)53-32-36-57(61(40-53)91(78,79)80)83-46-21-25-48(26-22-46)85-49-27-23-47(24-28-49)84-63(7,8)11-2/h13-41H,10-12H2,1-9H3,(H,69,70,71)(H,72,73,74)(H,75,76,77)(H,78,79,80). The molecule has 0 aliphatic heterocycles. The Bertz CT molecular complexity index is 4770. The van der Waals surface area contributed by atoms with Crippen molar-refractivity contribution in [3.8, 4) is 45.6 Å². The number of ether oxygens (including phenoxy) is 4. The van der Waals surface area contributed by atoms with Crippen molar-refractivity contribution in [2.75, 3.05) is 0 Å². The second kappa shape index (κ2) is 26.1. The average molecular weight is 1380 g/mol. The molecule has 2 atom stereocenters. The molecule has 0 aromatic heterocycles. The van der Waals surface area contributed by atoms with Gasteiger partial charge >= 0.3 is 0 Å². The first-order chi connectivity index (χ1) is 42.2. The van der Waals surface area contributed by atoms with Crippen molar-refractivity contribution in [3.05, 3.63) is 181 Å². The third-order valence-corrected chi connectivity index (χ3v) is 23.9. The lowest BCUT2D eigenvalue weighted by Gasteiger charge is -2.36. The van der Waals surface area contributed by atoms with Gasteiger partial charge in [0.1, 0.15) is 56.0 Å². The Morgan fingerprint density at radius 3 is 1.11 bits per heavy atom. The SMILES string of the molecule is CCC(C)(C)Oc1ccc(Sc2ccc(Oc3ccc(S(=O)(=O)c4ccc(C(C)(CC)C(C)Oc5ccc(-c6ccc(Oc7ccc(S(=O)(=O)c8ccc(C(C)(C)CC)c(S(=O)(=O)O)c8)cc7S(=O)(=O)O)cc6)cc5)c(S(=O)(=O)O)c4)cc3S(=O)(=O)O)cc2)cc1. The average Bonchev–Trinajstić information content (AvgIpc) is 0.789. The van der Waals surface area contributed by atoms with Crippen LogP contribution in [0.15, 0.2) is 219 Å². The molecule has 20 nitrogen and oxygen atoms in total. The minimum absolute atomic E-state index is 0.00692. The first-order valence-electron chi connectivity index (χ1n) is 28.0. The van der Waals surface area contributed by atoms with Crippen LogP contribution in [0.4, 0.5) is 0 Å². The van der Waals surface area contributed by atoms with Crippen LogP contribution < -0.4 is 18.9 Å². The highest BCUT2D eigenvalue weighted by molar-refractivity contribution is 7.99. The Morgan fingerprint density at radius 1 is 0.396 bits per heavy atom. The number of rotatable bonds is 25. The highest BCUT2D eigenvalue weighted by Crippen LogP contribution is 2.43. The maximum absolute atomic E-state index is 14.3. The van der Waals surface area contributed by atoms with E-state index in [-0.39, 0.29) is 34.6 Å². The molecule has 8 rings (SSSR count). The first-order valence-corrected chi connectivity index (χ1v) is 37.5. The summed E-state index contributed by atoms with van der Waals surface area (Å²) in [4.78, 5) is -4.00. The maximum Gasteiger partial charge on any atom is 0.298 e. The molecule has 8 aromatic rings. The summed E-state index contributed by atoms with van der Waals surface area (Å²) in [6.07, 6.45) is 0.590. The van der Waals surface area contributed by atoms with E-state index < -0.39 is 128 Å². The molecule has 91 heavy (non-hydrogen) atoms. The molecule has 0 amide bonds. The van der Waals surface area contributed by atoms with Gasteiger partial charge in [0.05, 0.1) is 29.4 Å². The van der Waals surface area contributed by atoms with E-state index in [1.54, 1.807) is 102 Å². The number of sulfone groups is 2. The van der Waals surface area contributed by atoms with Gasteiger partial charge in [-0.1, -0.05) is 89.7 Å². The lowest BCUT2D eigenvalue weighted by atomic mass is 9.75.